The average Bonchev–Trinajstić information content (AvgIpc) is 2.71. The van der Waals surface area contributed by atoms with Crippen LogP contribution in [0.1, 0.15) is 5.56 Å². The number of para-hydroxylation sites is 1. The molecule has 2 nitrogen and oxygen atoms in total. The molecular weight excluding hydrogens is 346 g/mol. The number of hydrogen-bond donors (Lipinski definition) is 1. The minimum atomic E-state index is -0.661. The molecule has 0 bridgehead atoms. The first-order chi connectivity index (χ1) is 9.49. The molecule has 0 fully saturated rings. The summed E-state index contributed by atoms with van der Waals surface area (Å²) in [5.41, 5.74) is 2.77. The normalized spacial score (nSPS) is 11.2. The van der Waals surface area contributed by atoms with Crippen LogP contribution in [0.3, 0.4) is 0 Å². The second-order valence-electron chi connectivity index (χ2n) is 4.45. The Kier molecular flexibility index (Phi) is 3.22. The van der Waals surface area contributed by atoms with Gasteiger partial charge in [0.2, 0.25) is 0 Å². The Balaban J connectivity index is 2.44. The first-order valence-corrected chi connectivity index (χ1v) is 7.04. The summed E-state index contributed by atoms with van der Waals surface area (Å²) in [6, 6.07) is 7.91. The maximum atomic E-state index is 14.1. The van der Waals surface area contributed by atoms with Crippen LogP contribution in [-0.4, -0.2) is 9.55 Å². The lowest BCUT2D eigenvalue weighted by atomic mass is 10.2. The van der Waals surface area contributed by atoms with E-state index >= 15 is 0 Å². The van der Waals surface area contributed by atoms with Crippen LogP contribution in [0.5, 0.6) is 0 Å². The molecule has 0 atom stereocenters. The third kappa shape index (κ3) is 1.99. The fraction of sp³-hybridized carbons (Fsp3) is 0.0714. The van der Waals surface area contributed by atoms with Gasteiger partial charge < -0.3 is 4.98 Å². The molecular formula is C14H9BrF2N2S. The van der Waals surface area contributed by atoms with E-state index in [9.17, 15) is 8.78 Å². The van der Waals surface area contributed by atoms with E-state index < -0.39 is 11.6 Å². The van der Waals surface area contributed by atoms with Crippen molar-refractivity contribution in [1.29, 1.82) is 0 Å². The molecule has 3 aromatic rings. The third-order valence-electron chi connectivity index (χ3n) is 3.14. The number of aromatic amines is 1. The van der Waals surface area contributed by atoms with Crippen LogP contribution in [0.25, 0.3) is 16.7 Å². The maximum Gasteiger partial charge on any atom is 0.182 e. The monoisotopic (exact) mass is 354 g/mol. The van der Waals surface area contributed by atoms with Crippen LogP contribution in [0.4, 0.5) is 8.78 Å². The van der Waals surface area contributed by atoms with Crippen LogP contribution in [0.15, 0.2) is 34.8 Å². The fourth-order valence-electron chi connectivity index (χ4n) is 2.24. The number of benzene rings is 2. The van der Waals surface area contributed by atoms with Crippen molar-refractivity contribution in [3.05, 3.63) is 56.8 Å². The van der Waals surface area contributed by atoms with Gasteiger partial charge in [-0.2, -0.15) is 0 Å². The molecule has 6 heteroatoms. The molecule has 0 saturated heterocycles. The summed E-state index contributed by atoms with van der Waals surface area (Å²) in [7, 11) is 0. The summed E-state index contributed by atoms with van der Waals surface area (Å²) < 4.78 is 29.6. The topological polar surface area (TPSA) is 20.7 Å². The van der Waals surface area contributed by atoms with Crippen LogP contribution in [0, 0.1) is 23.3 Å². The molecule has 0 saturated carbocycles. The molecule has 0 aliphatic carbocycles. The first kappa shape index (κ1) is 13.5. The van der Waals surface area contributed by atoms with Gasteiger partial charge in [0, 0.05) is 6.07 Å². The van der Waals surface area contributed by atoms with E-state index in [-0.39, 0.29) is 10.2 Å². The van der Waals surface area contributed by atoms with E-state index in [1.807, 2.05) is 25.1 Å². The van der Waals surface area contributed by atoms with E-state index in [4.69, 9.17) is 12.2 Å². The second kappa shape index (κ2) is 4.79. The zero-order chi connectivity index (χ0) is 14.4. The number of hydrogen-bond acceptors (Lipinski definition) is 1. The van der Waals surface area contributed by atoms with Crippen LogP contribution >= 0.6 is 28.1 Å². The standard InChI is InChI=1S/C14H9BrF2N2S/c1-7-3-2-4-11-13(7)19(14(20)18-11)12-5-8(15)9(16)6-10(12)17/h2-6H,1H3,(H,18,20). The molecule has 0 radical (unpaired) electrons. The van der Waals surface area contributed by atoms with Gasteiger partial charge in [0.25, 0.3) is 0 Å². The summed E-state index contributed by atoms with van der Waals surface area (Å²) >= 11 is 8.34. The predicted molar refractivity (Wildman–Crippen MR) is 80.8 cm³/mol. The molecule has 0 spiro atoms. The van der Waals surface area contributed by atoms with Crippen molar-refractivity contribution in [1.82, 2.24) is 9.55 Å². The van der Waals surface area contributed by atoms with Crippen molar-refractivity contribution in [3.8, 4) is 5.69 Å². The van der Waals surface area contributed by atoms with Gasteiger partial charge in [0.1, 0.15) is 11.6 Å². The average molecular weight is 355 g/mol. The number of fused-ring (bicyclic) bond motifs is 1. The van der Waals surface area contributed by atoms with Crippen molar-refractivity contribution < 1.29 is 8.78 Å². The predicted octanol–water partition coefficient (Wildman–Crippen LogP) is 5.04. The highest BCUT2D eigenvalue weighted by Crippen LogP contribution is 2.27. The van der Waals surface area contributed by atoms with Crippen LogP contribution in [-0.2, 0) is 0 Å². The molecule has 3 rings (SSSR count). The molecule has 1 heterocycles. The summed E-state index contributed by atoms with van der Waals surface area (Å²) in [6.07, 6.45) is 0. The largest absolute Gasteiger partial charge is 0.330 e. The van der Waals surface area contributed by atoms with Gasteiger partial charge >= 0.3 is 0 Å². The lowest BCUT2D eigenvalue weighted by molar-refractivity contribution is 0.574. The Morgan fingerprint density at radius 2 is 1.95 bits per heavy atom. The molecule has 1 N–H and O–H groups in total. The Bertz CT molecular complexity index is 883. The van der Waals surface area contributed by atoms with Gasteiger partial charge in [-0.05, 0) is 52.8 Å². The first-order valence-electron chi connectivity index (χ1n) is 5.84. The summed E-state index contributed by atoms with van der Waals surface area (Å²) in [4.78, 5) is 3.03. The van der Waals surface area contributed by atoms with Gasteiger partial charge in [-0.15, -0.1) is 0 Å². The maximum absolute atomic E-state index is 14.1. The highest BCUT2D eigenvalue weighted by Gasteiger charge is 2.15. The molecule has 0 unspecified atom stereocenters. The van der Waals surface area contributed by atoms with Crippen molar-refractivity contribution in [2.75, 3.05) is 0 Å². The molecule has 0 amide bonds. The van der Waals surface area contributed by atoms with E-state index in [1.54, 1.807) is 4.57 Å². The third-order valence-corrected chi connectivity index (χ3v) is 4.03. The van der Waals surface area contributed by atoms with E-state index in [2.05, 4.69) is 20.9 Å². The van der Waals surface area contributed by atoms with E-state index in [1.165, 1.54) is 6.07 Å². The number of imidazole rings is 1. The summed E-state index contributed by atoms with van der Waals surface area (Å²) in [6.45, 7) is 1.91. The lowest BCUT2D eigenvalue weighted by Crippen LogP contribution is -2.00. The molecule has 0 aliphatic heterocycles. The lowest BCUT2D eigenvalue weighted by Gasteiger charge is -2.09. The van der Waals surface area contributed by atoms with Crippen molar-refractivity contribution in [2.45, 2.75) is 6.92 Å². The van der Waals surface area contributed by atoms with Gasteiger partial charge in [0.05, 0.1) is 21.2 Å². The Morgan fingerprint density at radius 1 is 1.20 bits per heavy atom. The molecule has 20 heavy (non-hydrogen) atoms. The van der Waals surface area contributed by atoms with Crippen molar-refractivity contribution in [2.24, 2.45) is 0 Å². The van der Waals surface area contributed by atoms with Gasteiger partial charge in [-0.25, -0.2) is 8.78 Å². The Morgan fingerprint density at radius 3 is 2.70 bits per heavy atom. The summed E-state index contributed by atoms with van der Waals surface area (Å²) in [5.74, 6) is -1.31. The van der Waals surface area contributed by atoms with E-state index in [0.29, 0.717) is 4.77 Å². The van der Waals surface area contributed by atoms with Crippen LogP contribution < -0.4 is 0 Å². The van der Waals surface area contributed by atoms with Crippen LogP contribution in [0.2, 0.25) is 0 Å². The highest BCUT2D eigenvalue weighted by molar-refractivity contribution is 9.10. The van der Waals surface area contributed by atoms with Crippen molar-refractivity contribution in [3.63, 3.8) is 0 Å². The number of halogens is 3. The Hall–Kier alpha value is -1.53. The zero-order valence-corrected chi connectivity index (χ0v) is 12.8. The highest BCUT2D eigenvalue weighted by atomic mass is 79.9. The van der Waals surface area contributed by atoms with Gasteiger partial charge in [-0.1, -0.05) is 12.1 Å². The zero-order valence-electron chi connectivity index (χ0n) is 10.4. The minimum Gasteiger partial charge on any atom is -0.330 e. The number of rotatable bonds is 1. The van der Waals surface area contributed by atoms with Gasteiger partial charge in [0.15, 0.2) is 4.77 Å². The molecule has 0 aliphatic rings. The minimum absolute atomic E-state index is 0.193. The number of nitrogens with one attached hydrogen (secondary N) is 1. The quantitative estimate of drug-likeness (QED) is 0.479. The molecule has 2 aromatic carbocycles. The SMILES string of the molecule is Cc1cccc2[nH]c(=S)n(-c3cc(Br)c(F)cc3F)c12. The van der Waals surface area contributed by atoms with E-state index in [0.717, 1.165) is 22.7 Å². The summed E-state index contributed by atoms with van der Waals surface area (Å²) in [5, 5.41) is 0. The second-order valence-corrected chi connectivity index (χ2v) is 5.70. The molecule has 102 valence electrons. The van der Waals surface area contributed by atoms with Gasteiger partial charge in [-0.3, -0.25) is 4.57 Å². The number of H-pyrrole nitrogens is 1. The smallest absolute Gasteiger partial charge is 0.182 e. The molecule has 1 aromatic heterocycles. The number of aryl methyl sites for hydroxylation is 1. The number of aromatic nitrogens is 2. The number of nitrogens with zero attached hydrogens (tertiary/aromatic N) is 1. The Labute approximate surface area is 127 Å². The van der Waals surface area contributed by atoms with Crippen molar-refractivity contribution >= 4 is 39.2 Å². The fourth-order valence-corrected chi connectivity index (χ4v) is 2.87.